The quantitative estimate of drug-likeness (QED) is 0.392. The Labute approximate surface area is 34.9 Å². The SMILES string of the molecule is C1=CS[N+]=C1. The monoisotopic (exact) mass is 85.0 g/mol. The molecule has 0 saturated carbocycles. The van der Waals surface area contributed by atoms with E-state index in [2.05, 4.69) is 4.40 Å². The summed E-state index contributed by atoms with van der Waals surface area (Å²) in [6.45, 7) is 0. The van der Waals surface area contributed by atoms with E-state index >= 15 is 0 Å². The van der Waals surface area contributed by atoms with Crippen LogP contribution in [0.25, 0.3) is 0 Å². The Kier molecular flexibility index (Phi) is 0.751. The van der Waals surface area contributed by atoms with Gasteiger partial charge in [0.15, 0.2) is 0 Å². The molecule has 1 nitrogen and oxygen atoms in total. The molecule has 1 radical (unpaired) electrons. The summed E-state index contributed by atoms with van der Waals surface area (Å²) in [4.78, 5) is 0. The first-order valence-electron chi connectivity index (χ1n) is 1.34. The highest BCUT2D eigenvalue weighted by Gasteiger charge is 1.93. The van der Waals surface area contributed by atoms with Crippen molar-refractivity contribution in [2.75, 3.05) is 0 Å². The van der Waals surface area contributed by atoms with Crippen LogP contribution in [0.3, 0.4) is 0 Å². The number of allylic oxidation sites excluding steroid dienone is 1. The maximum absolute atomic E-state index is 3.76. The second-order valence-corrected chi connectivity index (χ2v) is 1.38. The molecule has 0 fully saturated rings. The maximum atomic E-state index is 3.76. The van der Waals surface area contributed by atoms with Crippen LogP contribution >= 0.6 is 11.9 Å². The number of hydrogen-bond acceptors (Lipinski definition) is 2. The Morgan fingerprint density at radius 2 is 2.60 bits per heavy atom. The van der Waals surface area contributed by atoms with E-state index in [0.717, 1.165) is 0 Å². The largest absolute Gasteiger partial charge is 0.266 e. The predicted molar refractivity (Wildman–Crippen MR) is 24.9 cm³/mol. The minimum atomic E-state index is 1.46. The molecule has 1 rings (SSSR count). The molecular weight excluding hydrogens is 82.1 g/mol. The summed E-state index contributed by atoms with van der Waals surface area (Å²) in [5, 5.41) is 1.93. The Morgan fingerprint density at radius 1 is 1.60 bits per heavy atom. The molecule has 2 heteroatoms. The van der Waals surface area contributed by atoms with Crippen molar-refractivity contribution in [3.05, 3.63) is 11.5 Å². The van der Waals surface area contributed by atoms with Crippen molar-refractivity contribution in [3.8, 4) is 0 Å². The molecule has 0 aliphatic carbocycles. The zero-order valence-corrected chi connectivity index (χ0v) is 3.40. The van der Waals surface area contributed by atoms with Crippen molar-refractivity contribution in [1.82, 2.24) is 4.40 Å². The third kappa shape index (κ3) is 0.514. The molecule has 0 bridgehead atoms. The number of rotatable bonds is 0. The zero-order valence-electron chi connectivity index (χ0n) is 2.59. The van der Waals surface area contributed by atoms with Crippen LogP contribution in [0.15, 0.2) is 11.5 Å². The van der Waals surface area contributed by atoms with Crippen LogP contribution in [0.4, 0.5) is 0 Å². The molecule has 5 heavy (non-hydrogen) atoms. The van der Waals surface area contributed by atoms with Gasteiger partial charge in [-0.05, 0) is 0 Å². The molecule has 0 saturated heterocycles. The fraction of sp³-hybridized carbons (Fsp3) is 0. The molecule has 1 aliphatic heterocycles. The fourth-order valence-corrected chi connectivity index (χ4v) is 0.527. The average molecular weight is 85.1 g/mol. The highest BCUT2D eigenvalue weighted by Crippen LogP contribution is 1.95. The summed E-state index contributed by atoms with van der Waals surface area (Å²) < 4.78 is 3.76. The van der Waals surface area contributed by atoms with E-state index in [9.17, 15) is 0 Å². The van der Waals surface area contributed by atoms with E-state index in [1.165, 1.54) is 11.9 Å². The normalized spacial score (nSPS) is 17.6. The third-order valence-electron chi connectivity index (χ3n) is 0.347. The predicted octanol–water partition coefficient (Wildman–Crippen LogP) is 0.568. The van der Waals surface area contributed by atoms with Crippen LogP contribution in [0, 0.1) is 0 Å². The lowest BCUT2D eigenvalue weighted by Crippen LogP contribution is -1.60. The van der Waals surface area contributed by atoms with E-state index < -0.39 is 0 Å². The van der Waals surface area contributed by atoms with Gasteiger partial charge in [0.25, 0.3) is 18.2 Å². The van der Waals surface area contributed by atoms with Gasteiger partial charge in [-0.2, -0.15) is 0 Å². The number of nitrogens with zero attached hydrogens (tertiary/aromatic N) is 1. The van der Waals surface area contributed by atoms with Gasteiger partial charge in [0.05, 0.1) is 5.41 Å². The lowest BCUT2D eigenvalue weighted by atomic mass is 10.7. The molecule has 1 heterocycles. The average Bonchev–Trinajstić information content (AvgIpc) is 1.76. The van der Waals surface area contributed by atoms with Crippen LogP contribution in [0.1, 0.15) is 0 Å². The fourth-order valence-electron chi connectivity index (χ4n) is 0.176. The van der Waals surface area contributed by atoms with Gasteiger partial charge in [-0.3, -0.25) is 0 Å². The minimum absolute atomic E-state index is 1.46. The van der Waals surface area contributed by atoms with E-state index in [-0.39, 0.29) is 0 Å². The summed E-state index contributed by atoms with van der Waals surface area (Å²) in [7, 11) is 0. The molecule has 0 aromatic rings. The summed E-state index contributed by atoms with van der Waals surface area (Å²) in [5.41, 5.74) is 0. The second-order valence-electron chi connectivity index (χ2n) is 0.688. The first kappa shape index (κ1) is 2.97. The first-order chi connectivity index (χ1) is 2.50. The van der Waals surface area contributed by atoms with Gasteiger partial charge in [-0.25, -0.2) is 0 Å². The molecule has 0 aromatic heterocycles. The molecule has 0 amide bonds. The van der Waals surface area contributed by atoms with E-state index in [1.807, 2.05) is 11.5 Å². The van der Waals surface area contributed by atoms with Gasteiger partial charge in [0, 0.05) is 6.08 Å². The highest BCUT2D eigenvalue weighted by molar-refractivity contribution is 8.00. The first-order valence-corrected chi connectivity index (χ1v) is 2.18. The molecule has 0 atom stereocenters. The van der Waals surface area contributed by atoms with Gasteiger partial charge in [-0.1, -0.05) is 0 Å². The molecule has 0 unspecified atom stereocenters. The van der Waals surface area contributed by atoms with Gasteiger partial charge in [0.2, 0.25) is 0 Å². The smallest absolute Gasteiger partial charge is 0.0227 e. The van der Waals surface area contributed by atoms with E-state index in [0.29, 0.717) is 0 Å². The maximum Gasteiger partial charge on any atom is 0.266 e. The Balaban J connectivity index is 2.61. The van der Waals surface area contributed by atoms with Gasteiger partial charge >= 0.3 is 0 Å². The standard InChI is InChI=1S/C3H3NS/c1-2-4-5-3-1/h1-3H/q+1. The van der Waals surface area contributed by atoms with Crippen LogP contribution in [-0.2, 0) is 0 Å². The minimum Gasteiger partial charge on any atom is 0.0227 e. The molecule has 1 aliphatic rings. The van der Waals surface area contributed by atoms with Crippen LogP contribution in [-0.4, -0.2) is 6.21 Å². The second kappa shape index (κ2) is 1.26. The van der Waals surface area contributed by atoms with Crippen LogP contribution < -0.4 is 4.40 Å². The third-order valence-corrected chi connectivity index (χ3v) is 0.869. The zero-order chi connectivity index (χ0) is 3.54. The van der Waals surface area contributed by atoms with Crippen LogP contribution in [0.2, 0.25) is 0 Å². The lowest BCUT2D eigenvalue weighted by Gasteiger charge is -1.36. The summed E-state index contributed by atoms with van der Waals surface area (Å²) in [5.74, 6) is 0. The van der Waals surface area contributed by atoms with Crippen molar-refractivity contribution >= 4 is 18.2 Å². The van der Waals surface area contributed by atoms with Gasteiger partial charge in [-0.15, -0.1) is 0 Å². The van der Waals surface area contributed by atoms with Gasteiger partial charge < -0.3 is 0 Å². The molecule has 0 N–H and O–H groups in total. The van der Waals surface area contributed by atoms with Crippen molar-refractivity contribution in [2.45, 2.75) is 0 Å². The van der Waals surface area contributed by atoms with E-state index in [4.69, 9.17) is 0 Å². The lowest BCUT2D eigenvalue weighted by molar-refractivity contribution is 1.77. The summed E-state index contributed by atoms with van der Waals surface area (Å²) in [6, 6.07) is 0. The molecule has 0 aromatic carbocycles. The Bertz CT molecular complexity index is 65.0. The van der Waals surface area contributed by atoms with Crippen molar-refractivity contribution in [3.63, 3.8) is 0 Å². The van der Waals surface area contributed by atoms with Crippen molar-refractivity contribution in [2.24, 2.45) is 0 Å². The van der Waals surface area contributed by atoms with Crippen LogP contribution in [0.5, 0.6) is 0 Å². The highest BCUT2D eigenvalue weighted by atomic mass is 32.2. The molecule has 0 spiro atoms. The van der Waals surface area contributed by atoms with Gasteiger partial charge in [0.1, 0.15) is 4.40 Å². The van der Waals surface area contributed by atoms with Crippen molar-refractivity contribution < 1.29 is 0 Å². The molecule has 25 valence electrons. The Morgan fingerprint density at radius 3 is 2.80 bits per heavy atom. The van der Waals surface area contributed by atoms with Crippen molar-refractivity contribution in [1.29, 1.82) is 0 Å². The number of hydrogen-bond donors (Lipinski definition) is 0. The Hall–Kier alpha value is -0.240. The summed E-state index contributed by atoms with van der Waals surface area (Å²) >= 11 is 1.46. The molecular formula is C3H3NS+. The topological polar surface area (TPSA) is 14.1 Å². The summed E-state index contributed by atoms with van der Waals surface area (Å²) in [6.07, 6.45) is 3.68. The van der Waals surface area contributed by atoms with E-state index in [1.54, 1.807) is 6.21 Å².